The molecule has 1 atom stereocenters. The average Bonchev–Trinajstić information content (AvgIpc) is 2.37. The molecule has 0 bridgehead atoms. The first kappa shape index (κ1) is 12.6. The summed E-state index contributed by atoms with van der Waals surface area (Å²) in [6, 6.07) is 9.47. The van der Waals surface area contributed by atoms with Gasteiger partial charge in [-0.3, -0.25) is 4.90 Å². The second-order valence-electron chi connectivity index (χ2n) is 4.42. The van der Waals surface area contributed by atoms with Crippen LogP contribution >= 0.6 is 0 Å². The van der Waals surface area contributed by atoms with E-state index in [-0.39, 0.29) is 6.61 Å². The van der Waals surface area contributed by atoms with Gasteiger partial charge in [-0.1, -0.05) is 42.5 Å². The lowest BCUT2D eigenvalue weighted by Crippen LogP contribution is -2.44. The number of rotatable bonds is 2. The summed E-state index contributed by atoms with van der Waals surface area (Å²) in [5.74, 6) is 0. The lowest BCUT2D eigenvalue weighted by atomic mass is 10.1. The fraction of sp³-hybridized carbons (Fsp3) is 0.357. The Labute approximate surface area is 106 Å². The van der Waals surface area contributed by atoms with E-state index in [9.17, 15) is 9.90 Å². The van der Waals surface area contributed by atoms with Gasteiger partial charge in [0.05, 0.1) is 0 Å². The smallest absolute Gasteiger partial charge is 0.412 e. The molecule has 1 N–H and O–H groups in total. The Balaban J connectivity index is 1.86. The molecule has 1 aliphatic heterocycles. The number of amides is 1. The quantitative estimate of drug-likeness (QED) is 0.816. The first-order valence-electron chi connectivity index (χ1n) is 5.99. The molecule has 0 aliphatic carbocycles. The van der Waals surface area contributed by atoms with Crippen molar-refractivity contribution >= 4 is 6.09 Å². The molecule has 4 heteroatoms. The van der Waals surface area contributed by atoms with Crippen LogP contribution in [0.3, 0.4) is 0 Å². The lowest BCUT2D eigenvalue weighted by Gasteiger charge is -2.32. The number of ether oxygens (including phenoxy) is 1. The van der Waals surface area contributed by atoms with E-state index in [1.807, 2.05) is 30.3 Å². The zero-order valence-electron chi connectivity index (χ0n) is 10.2. The molecule has 1 aliphatic rings. The van der Waals surface area contributed by atoms with Crippen molar-refractivity contribution in [3.8, 4) is 0 Å². The van der Waals surface area contributed by atoms with Crippen LogP contribution in [0.25, 0.3) is 0 Å². The van der Waals surface area contributed by atoms with Gasteiger partial charge in [0.1, 0.15) is 12.8 Å². The molecular weight excluding hydrogens is 230 g/mol. The minimum absolute atomic E-state index is 0.226. The highest BCUT2D eigenvalue weighted by Crippen LogP contribution is 2.20. The Morgan fingerprint density at radius 2 is 2.17 bits per heavy atom. The Hall–Kier alpha value is -1.81. The van der Waals surface area contributed by atoms with Gasteiger partial charge in [-0.25, -0.2) is 4.79 Å². The minimum atomic E-state index is -0.811. The minimum Gasteiger partial charge on any atom is -0.444 e. The molecule has 1 heterocycles. The lowest BCUT2D eigenvalue weighted by molar-refractivity contribution is -0.0116. The molecule has 96 valence electrons. The molecule has 1 unspecified atom stereocenters. The van der Waals surface area contributed by atoms with Crippen LogP contribution in [-0.4, -0.2) is 28.9 Å². The Bertz CT molecular complexity index is 430. The molecule has 2 rings (SSSR count). The average molecular weight is 247 g/mol. The maximum absolute atomic E-state index is 11.8. The maximum atomic E-state index is 11.8. The normalized spacial score (nSPS) is 19.7. The molecule has 0 aromatic heterocycles. The van der Waals surface area contributed by atoms with Crippen molar-refractivity contribution in [2.24, 2.45) is 0 Å². The van der Waals surface area contributed by atoms with Crippen LogP contribution in [0.2, 0.25) is 0 Å². The summed E-state index contributed by atoms with van der Waals surface area (Å²) in [4.78, 5) is 13.1. The van der Waals surface area contributed by atoms with Gasteiger partial charge in [0.2, 0.25) is 0 Å². The van der Waals surface area contributed by atoms with Crippen LogP contribution in [0.15, 0.2) is 42.5 Å². The standard InChI is InChI=1S/C14H17NO3/c1-11-7-8-15(13(16)9-11)14(17)18-10-12-5-3-2-4-6-12/h2-6,13,16H,1,7-10H2. The van der Waals surface area contributed by atoms with Crippen LogP contribution in [-0.2, 0) is 11.3 Å². The van der Waals surface area contributed by atoms with E-state index < -0.39 is 12.3 Å². The second kappa shape index (κ2) is 5.69. The van der Waals surface area contributed by atoms with E-state index in [4.69, 9.17) is 4.74 Å². The molecule has 1 aromatic carbocycles. The SMILES string of the molecule is C=C1CCN(C(=O)OCc2ccccc2)C(O)C1. The zero-order chi connectivity index (χ0) is 13.0. The fourth-order valence-electron chi connectivity index (χ4n) is 1.91. The number of benzene rings is 1. The first-order valence-corrected chi connectivity index (χ1v) is 5.99. The number of carbonyl (C=O) groups is 1. The second-order valence-corrected chi connectivity index (χ2v) is 4.42. The third-order valence-corrected chi connectivity index (χ3v) is 2.98. The number of hydrogen-bond donors (Lipinski definition) is 1. The van der Waals surface area contributed by atoms with Gasteiger partial charge >= 0.3 is 6.09 Å². The number of nitrogens with zero attached hydrogens (tertiary/aromatic N) is 1. The molecule has 1 saturated heterocycles. The van der Waals surface area contributed by atoms with Crippen molar-refractivity contribution in [2.45, 2.75) is 25.7 Å². The molecule has 18 heavy (non-hydrogen) atoms. The van der Waals surface area contributed by atoms with E-state index in [0.717, 1.165) is 17.6 Å². The van der Waals surface area contributed by atoms with Gasteiger partial charge in [-0.2, -0.15) is 0 Å². The van der Waals surface area contributed by atoms with E-state index >= 15 is 0 Å². The zero-order valence-corrected chi connectivity index (χ0v) is 10.2. The van der Waals surface area contributed by atoms with Gasteiger partial charge in [0.15, 0.2) is 0 Å². The number of hydrogen-bond acceptors (Lipinski definition) is 3. The number of carbonyl (C=O) groups excluding carboxylic acids is 1. The summed E-state index contributed by atoms with van der Waals surface area (Å²) >= 11 is 0. The monoisotopic (exact) mass is 247 g/mol. The van der Waals surface area contributed by atoms with E-state index in [1.54, 1.807) is 0 Å². The molecule has 1 amide bonds. The van der Waals surface area contributed by atoms with Crippen LogP contribution in [0.1, 0.15) is 18.4 Å². The van der Waals surface area contributed by atoms with Gasteiger partial charge in [0.25, 0.3) is 0 Å². The van der Waals surface area contributed by atoms with Crippen LogP contribution in [0.4, 0.5) is 4.79 Å². The number of likely N-dealkylation sites (tertiary alicyclic amines) is 1. The third kappa shape index (κ3) is 3.11. The van der Waals surface area contributed by atoms with Crippen LogP contribution < -0.4 is 0 Å². The maximum Gasteiger partial charge on any atom is 0.412 e. The summed E-state index contributed by atoms with van der Waals surface area (Å²) in [5, 5.41) is 9.77. The van der Waals surface area contributed by atoms with Crippen LogP contribution in [0.5, 0.6) is 0 Å². The van der Waals surface area contributed by atoms with E-state index in [0.29, 0.717) is 13.0 Å². The highest BCUT2D eigenvalue weighted by Gasteiger charge is 2.27. The van der Waals surface area contributed by atoms with Crippen LogP contribution in [0, 0.1) is 0 Å². The first-order chi connectivity index (χ1) is 8.66. The summed E-state index contributed by atoms with van der Waals surface area (Å²) in [5.41, 5.74) is 1.90. The third-order valence-electron chi connectivity index (χ3n) is 2.98. The Morgan fingerprint density at radius 3 is 2.83 bits per heavy atom. The van der Waals surface area contributed by atoms with Gasteiger partial charge in [-0.05, 0) is 12.0 Å². The molecule has 1 fully saturated rings. The molecular formula is C14H17NO3. The highest BCUT2D eigenvalue weighted by molar-refractivity contribution is 5.68. The van der Waals surface area contributed by atoms with Crippen molar-refractivity contribution in [3.63, 3.8) is 0 Å². The van der Waals surface area contributed by atoms with E-state index in [1.165, 1.54) is 4.90 Å². The topological polar surface area (TPSA) is 49.8 Å². The Kier molecular flexibility index (Phi) is 3.99. The summed E-state index contributed by atoms with van der Waals surface area (Å²) in [6.45, 7) is 4.51. The van der Waals surface area contributed by atoms with Gasteiger partial charge in [-0.15, -0.1) is 0 Å². The summed E-state index contributed by atoms with van der Waals surface area (Å²) < 4.78 is 5.17. The van der Waals surface area contributed by atoms with Crippen molar-refractivity contribution in [3.05, 3.63) is 48.0 Å². The number of piperidine rings is 1. The predicted octanol–water partition coefficient (Wildman–Crippen LogP) is 2.29. The highest BCUT2D eigenvalue weighted by atomic mass is 16.6. The summed E-state index contributed by atoms with van der Waals surface area (Å²) in [6.07, 6.45) is -0.133. The van der Waals surface area contributed by atoms with Crippen molar-refractivity contribution in [2.75, 3.05) is 6.54 Å². The Morgan fingerprint density at radius 1 is 1.44 bits per heavy atom. The van der Waals surface area contributed by atoms with Crippen molar-refractivity contribution in [1.29, 1.82) is 0 Å². The summed E-state index contributed by atoms with van der Waals surface area (Å²) in [7, 11) is 0. The van der Waals surface area contributed by atoms with E-state index in [2.05, 4.69) is 6.58 Å². The van der Waals surface area contributed by atoms with Gasteiger partial charge < -0.3 is 9.84 Å². The van der Waals surface area contributed by atoms with Gasteiger partial charge in [0, 0.05) is 13.0 Å². The molecule has 1 aromatic rings. The molecule has 4 nitrogen and oxygen atoms in total. The number of aliphatic hydroxyl groups is 1. The molecule has 0 saturated carbocycles. The fourth-order valence-corrected chi connectivity index (χ4v) is 1.91. The molecule has 0 radical (unpaired) electrons. The van der Waals surface area contributed by atoms with Crippen molar-refractivity contribution < 1.29 is 14.6 Å². The predicted molar refractivity (Wildman–Crippen MR) is 67.7 cm³/mol. The number of aliphatic hydroxyl groups excluding tert-OH is 1. The largest absolute Gasteiger partial charge is 0.444 e. The van der Waals surface area contributed by atoms with Crippen molar-refractivity contribution in [1.82, 2.24) is 4.90 Å². The molecule has 0 spiro atoms.